The number of amides is 1. The summed E-state index contributed by atoms with van der Waals surface area (Å²) < 4.78 is 5.22. The Morgan fingerprint density at radius 2 is 1.96 bits per heavy atom. The number of rotatable bonds is 4. The highest BCUT2D eigenvalue weighted by Crippen LogP contribution is 2.23. The number of para-hydroxylation sites is 1. The van der Waals surface area contributed by atoms with Crippen molar-refractivity contribution in [1.29, 1.82) is 0 Å². The fourth-order valence-electron chi connectivity index (χ4n) is 3.04. The summed E-state index contributed by atoms with van der Waals surface area (Å²) in [5, 5.41) is 3.83. The van der Waals surface area contributed by atoms with Gasteiger partial charge in [0.1, 0.15) is 5.75 Å². The largest absolute Gasteiger partial charge is 0.496 e. The van der Waals surface area contributed by atoms with Crippen molar-refractivity contribution in [2.75, 3.05) is 12.4 Å². The predicted molar refractivity (Wildman–Crippen MR) is 99.6 cm³/mol. The number of hydrogen-bond acceptors (Lipinski definition) is 3. The standard InChI is InChI=1S/C20H20N2O3/c1-4-14-12(2)15-10-9-13(11-17(15)22-19(14)23)21-20(24)16-7-5-6-8-18(16)25-3/h5-11H,4H2,1-3H3,(H,21,24)(H,22,23). The number of hydrogen-bond donors (Lipinski definition) is 2. The third kappa shape index (κ3) is 3.13. The summed E-state index contributed by atoms with van der Waals surface area (Å²) in [6.45, 7) is 3.91. The lowest BCUT2D eigenvalue weighted by Gasteiger charge is -2.11. The molecule has 128 valence electrons. The highest BCUT2D eigenvalue weighted by Gasteiger charge is 2.13. The first kappa shape index (κ1) is 16.8. The SMILES string of the molecule is CCc1c(C)c2ccc(NC(=O)c3ccccc3OC)cc2[nH]c1=O. The van der Waals surface area contributed by atoms with Gasteiger partial charge in [0.25, 0.3) is 11.5 Å². The van der Waals surface area contributed by atoms with Gasteiger partial charge in [-0.2, -0.15) is 0 Å². The average molecular weight is 336 g/mol. The quantitative estimate of drug-likeness (QED) is 0.764. The molecule has 1 aromatic heterocycles. The first-order valence-corrected chi connectivity index (χ1v) is 8.15. The van der Waals surface area contributed by atoms with Crippen LogP contribution in [-0.2, 0) is 6.42 Å². The summed E-state index contributed by atoms with van der Waals surface area (Å²) >= 11 is 0. The fraction of sp³-hybridized carbons (Fsp3) is 0.200. The molecule has 0 aliphatic carbocycles. The first-order chi connectivity index (χ1) is 12.0. The van der Waals surface area contributed by atoms with Gasteiger partial charge >= 0.3 is 0 Å². The molecule has 3 aromatic rings. The number of nitrogens with one attached hydrogen (secondary N) is 2. The number of aryl methyl sites for hydroxylation is 1. The second-order valence-corrected chi connectivity index (χ2v) is 5.83. The van der Waals surface area contributed by atoms with Crippen LogP contribution in [-0.4, -0.2) is 18.0 Å². The number of H-pyrrole nitrogens is 1. The summed E-state index contributed by atoms with van der Waals surface area (Å²) in [4.78, 5) is 27.6. The van der Waals surface area contributed by atoms with E-state index in [-0.39, 0.29) is 11.5 Å². The zero-order valence-corrected chi connectivity index (χ0v) is 14.5. The summed E-state index contributed by atoms with van der Waals surface area (Å²) in [6.07, 6.45) is 0.684. The Morgan fingerprint density at radius 1 is 1.20 bits per heavy atom. The Labute approximate surface area is 145 Å². The maximum atomic E-state index is 12.5. The number of fused-ring (bicyclic) bond motifs is 1. The third-order valence-corrected chi connectivity index (χ3v) is 4.36. The van der Waals surface area contributed by atoms with Crippen LogP contribution in [0.15, 0.2) is 47.3 Å². The molecule has 2 N–H and O–H groups in total. The predicted octanol–water partition coefficient (Wildman–Crippen LogP) is 3.66. The minimum absolute atomic E-state index is 0.0827. The van der Waals surface area contributed by atoms with Gasteiger partial charge in [0.05, 0.1) is 18.2 Å². The number of aromatic amines is 1. The molecule has 0 aliphatic rings. The number of carbonyl (C=O) groups is 1. The molecule has 2 aromatic carbocycles. The van der Waals surface area contributed by atoms with E-state index in [9.17, 15) is 9.59 Å². The van der Waals surface area contributed by atoms with Crippen LogP contribution >= 0.6 is 0 Å². The lowest BCUT2D eigenvalue weighted by Crippen LogP contribution is -2.15. The molecular formula is C20H20N2O3. The van der Waals surface area contributed by atoms with Crippen LogP contribution in [0.5, 0.6) is 5.75 Å². The van der Waals surface area contributed by atoms with Crippen molar-refractivity contribution in [3.8, 4) is 5.75 Å². The maximum Gasteiger partial charge on any atom is 0.259 e. The fourth-order valence-corrected chi connectivity index (χ4v) is 3.04. The molecule has 0 saturated carbocycles. The van der Waals surface area contributed by atoms with Crippen LogP contribution in [0.2, 0.25) is 0 Å². The van der Waals surface area contributed by atoms with Crippen LogP contribution in [0.4, 0.5) is 5.69 Å². The highest BCUT2D eigenvalue weighted by atomic mass is 16.5. The van der Waals surface area contributed by atoms with Gasteiger partial charge in [-0.05, 0) is 43.2 Å². The molecule has 3 rings (SSSR count). The van der Waals surface area contributed by atoms with Crippen LogP contribution in [0.25, 0.3) is 10.9 Å². The van der Waals surface area contributed by atoms with E-state index in [0.29, 0.717) is 28.9 Å². The highest BCUT2D eigenvalue weighted by molar-refractivity contribution is 6.06. The van der Waals surface area contributed by atoms with Gasteiger partial charge < -0.3 is 15.0 Å². The third-order valence-electron chi connectivity index (χ3n) is 4.36. The summed E-state index contributed by atoms with van der Waals surface area (Å²) in [5.74, 6) is 0.249. The average Bonchev–Trinajstić information content (AvgIpc) is 2.61. The molecule has 5 heteroatoms. The molecule has 0 unspecified atom stereocenters. The Balaban J connectivity index is 1.97. The Kier molecular flexibility index (Phi) is 4.57. The molecule has 0 spiro atoms. The Morgan fingerprint density at radius 3 is 2.68 bits per heavy atom. The monoisotopic (exact) mass is 336 g/mol. The van der Waals surface area contributed by atoms with Crippen LogP contribution in [0, 0.1) is 6.92 Å². The van der Waals surface area contributed by atoms with E-state index in [1.165, 1.54) is 7.11 Å². The number of aromatic nitrogens is 1. The van der Waals surface area contributed by atoms with Crippen molar-refractivity contribution in [2.24, 2.45) is 0 Å². The molecule has 1 amide bonds. The maximum absolute atomic E-state index is 12.5. The van der Waals surface area contributed by atoms with Gasteiger partial charge in [-0.15, -0.1) is 0 Å². The van der Waals surface area contributed by atoms with Crippen LogP contribution in [0.3, 0.4) is 0 Å². The van der Waals surface area contributed by atoms with E-state index in [1.807, 2.05) is 32.0 Å². The van der Waals surface area contributed by atoms with Crippen molar-refractivity contribution in [1.82, 2.24) is 4.98 Å². The molecule has 1 heterocycles. The van der Waals surface area contributed by atoms with Gasteiger partial charge in [-0.25, -0.2) is 0 Å². The molecule has 0 atom stereocenters. The van der Waals surface area contributed by atoms with Crippen molar-refractivity contribution >= 4 is 22.5 Å². The minimum Gasteiger partial charge on any atom is -0.496 e. The van der Waals surface area contributed by atoms with Gasteiger partial charge in [-0.3, -0.25) is 9.59 Å². The second-order valence-electron chi connectivity index (χ2n) is 5.83. The molecule has 5 nitrogen and oxygen atoms in total. The molecule has 0 saturated heterocycles. The molecular weight excluding hydrogens is 316 g/mol. The minimum atomic E-state index is -0.263. The Hall–Kier alpha value is -3.08. The van der Waals surface area contributed by atoms with Crippen molar-refractivity contribution in [2.45, 2.75) is 20.3 Å². The van der Waals surface area contributed by atoms with E-state index < -0.39 is 0 Å². The van der Waals surface area contributed by atoms with Crippen LogP contribution in [0.1, 0.15) is 28.4 Å². The van der Waals surface area contributed by atoms with Crippen molar-refractivity contribution < 1.29 is 9.53 Å². The van der Waals surface area contributed by atoms with Crippen molar-refractivity contribution in [3.63, 3.8) is 0 Å². The lowest BCUT2D eigenvalue weighted by molar-refractivity contribution is 0.102. The number of carbonyl (C=O) groups excluding carboxylic acids is 1. The zero-order valence-electron chi connectivity index (χ0n) is 14.5. The molecule has 0 fully saturated rings. The first-order valence-electron chi connectivity index (χ1n) is 8.15. The van der Waals surface area contributed by atoms with Crippen LogP contribution < -0.4 is 15.6 Å². The van der Waals surface area contributed by atoms with E-state index in [1.54, 1.807) is 24.3 Å². The molecule has 0 aliphatic heterocycles. The summed E-state index contributed by atoms with van der Waals surface area (Å²) in [6, 6.07) is 12.6. The number of methoxy groups -OCH3 is 1. The van der Waals surface area contributed by atoms with E-state index in [2.05, 4.69) is 10.3 Å². The summed E-state index contributed by atoms with van der Waals surface area (Å²) in [7, 11) is 1.53. The number of ether oxygens (including phenoxy) is 1. The molecule has 0 radical (unpaired) electrons. The normalized spacial score (nSPS) is 10.7. The smallest absolute Gasteiger partial charge is 0.259 e. The van der Waals surface area contributed by atoms with E-state index >= 15 is 0 Å². The van der Waals surface area contributed by atoms with Gasteiger partial charge in [0.15, 0.2) is 0 Å². The molecule has 0 bridgehead atoms. The number of benzene rings is 2. The van der Waals surface area contributed by atoms with Gasteiger partial charge in [-0.1, -0.05) is 25.1 Å². The summed E-state index contributed by atoms with van der Waals surface area (Å²) in [5.41, 5.74) is 3.46. The second kappa shape index (κ2) is 6.81. The van der Waals surface area contributed by atoms with Gasteiger partial charge in [0, 0.05) is 16.6 Å². The lowest BCUT2D eigenvalue weighted by atomic mass is 10.0. The van der Waals surface area contributed by atoms with Gasteiger partial charge in [0.2, 0.25) is 0 Å². The Bertz CT molecular complexity index is 1010. The number of anilines is 1. The topological polar surface area (TPSA) is 71.2 Å². The van der Waals surface area contributed by atoms with E-state index in [4.69, 9.17) is 4.74 Å². The molecule has 25 heavy (non-hydrogen) atoms. The zero-order chi connectivity index (χ0) is 18.0. The van der Waals surface area contributed by atoms with E-state index in [0.717, 1.165) is 16.5 Å². The van der Waals surface area contributed by atoms with Crippen molar-refractivity contribution in [3.05, 3.63) is 69.5 Å². The number of pyridine rings is 1.